The number of urea groups is 1. The van der Waals surface area contributed by atoms with Crippen molar-refractivity contribution < 1.29 is 4.79 Å². The molecule has 32 heavy (non-hydrogen) atoms. The van der Waals surface area contributed by atoms with Crippen molar-refractivity contribution in [1.82, 2.24) is 9.88 Å². The number of aromatic amines is 1. The topological polar surface area (TPSA) is 48.1 Å². The summed E-state index contributed by atoms with van der Waals surface area (Å²) in [4.78, 5) is 18.9. The van der Waals surface area contributed by atoms with Crippen LogP contribution in [0.5, 0.6) is 0 Å². The van der Waals surface area contributed by atoms with E-state index in [2.05, 4.69) is 41.5 Å². The maximum atomic E-state index is 13.4. The maximum absolute atomic E-state index is 13.4. The Balaban J connectivity index is 1.57. The van der Waals surface area contributed by atoms with Crippen LogP contribution in [0.25, 0.3) is 10.9 Å². The molecule has 1 aliphatic heterocycles. The monoisotopic (exact) mass is 463 g/mol. The van der Waals surface area contributed by atoms with Gasteiger partial charge in [0.25, 0.3) is 0 Å². The van der Waals surface area contributed by atoms with Crippen molar-refractivity contribution in [3.8, 4) is 0 Å². The molecular weight excluding hydrogens is 441 g/mol. The first kappa shape index (κ1) is 20.9. The Morgan fingerprint density at radius 3 is 2.56 bits per heavy atom. The quantitative estimate of drug-likeness (QED) is 0.322. The van der Waals surface area contributed by atoms with E-state index in [9.17, 15) is 4.79 Å². The van der Waals surface area contributed by atoms with E-state index in [4.69, 9.17) is 23.2 Å². The third-order valence-electron chi connectivity index (χ3n) is 6.17. The van der Waals surface area contributed by atoms with E-state index in [1.54, 1.807) is 6.07 Å². The molecule has 0 aliphatic carbocycles. The van der Waals surface area contributed by atoms with Crippen LogP contribution in [0.3, 0.4) is 0 Å². The van der Waals surface area contributed by atoms with Crippen molar-refractivity contribution in [2.75, 3.05) is 11.9 Å². The number of anilines is 1. The van der Waals surface area contributed by atoms with Crippen molar-refractivity contribution in [3.05, 3.63) is 98.7 Å². The van der Waals surface area contributed by atoms with Crippen LogP contribution >= 0.6 is 23.2 Å². The lowest BCUT2D eigenvalue weighted by Crippen LogP contribution is -2.43. The molecular formula is C26H23Cl2N3O. The highest BCUT2D eigenvalue weighted by Crippen LogP contribution is 2.39. The molecule has 0 saturated carbocycles. The number of hydrogen-bond acceptors (Lipinski definition) is 1. The van der Waals surface area contributed by atoms with Gasteiger partial charge in [0.2, 0.25) is 0 Å². The SMILES string of the molecule is Cc1ccc([C@H]2c3[nH]c4ccc(Cl)cc4c3CCN2C(=O)Nc2ccc(C)c(Cl)c2)cc1. The number of fused-ring (bicyclic) bond motifs is 3. The Hall–Kier alpha value is -2.95. The van der Waals surface area contributed by atoms with Gasteiger partial charge in [0.15, 0.2) is 0 Å². The number of aryl methyl sites for hydroxylation is 2. The molecule has 0 unspecified atom stereocenters. The van der Waals surface area contributed by atoms with Crippen LogP contribution in [0.4, 0.5) is 10.5 Å². The highest BCUT2D eigenvalue weighted by molar-refractivity contribution is 6.31. The second kappa shape index (κ2) is 8.19. The van der Waals surface area contributed by atoms with Crippen molar-refractivity contribution >= 4 is 45.8 Å². The second-order valence-electron chi connectivity index (χ2n) is 8.36. The highest BCUT2D eigenvalue weighted by Gasteiger charge is 2.34. The van der Waals surface area contributed by atoms with Gasteiger partial charge in [-0.05, 0) is 67.3 Å². The molecule has 2 heterocycles. The van der Waals surface area contributed by atoms with Gasteiger partial charge in [-0.1, -0.05) is 59.1 Å². The smallest absolute Gasteiger partial charge is 0.322 e. The first-order chi connectivity index (χ1) is 15.4. The fourth-order valence-electron chi connectivity index (χ4n) is 4.44. The van der Waals surface area contributed by atoms with Crippen LogP contribution < -0.4 is 5.32 Å². The van der Waals surface area contributed by atoms with E-state index < -0.39 is 0 Å². The number of nitrogens with one attached hydrogen (secondary N) is 2. The number of halogens is 2. The Labute approximate surface area is 197 Å². The first-order valence-electron chi connectivity index (χ1n) is 10.6. The summed E-state index contributed by atoms with van der Waals surface area (Å²) < 4.78 is 0. The molecule has 2 amide bonds. The van der Waals surface area contributed by atoms with Crippen LogP contribution in [0, 0.1) is 13.8 Å². The van der Waals surface area contributed by atoms with Gasteiger partial charge in [-0.15, -0.1) is 0 Å². The molecule has 0 spiro atoms. The van der Waals surface area contributed by atoms with Gasteiger partial charge < -0.3 is 15.2 Å². The van der Waals surface area contributed by atoms with Crippen LogP contribution in [0.15, 0.2) is 60.7 Å². The first-order valence-corrected chi connectivity index (χ1v) is 11.4. The Kier molecular flexibility index (Phi) is 5.36. The fraction of sp³-hybridized carbons (Fsp3) is 0.192. The number of H-pyrrole nitrogens is 1. The van der Waals surface area contributed by atoms with Crippen molar-refractivity contribution in [2.24, 2.45) is 0 Å². The molecule has 162 valence electrons. The van der Waals surface area contributed by atoms with E-state index in [0.717, 1.165) is 34.1 Å². The van der Waals surface area contributed by atoms with E-state index in [1.165, 1.54) is 11.1 Å². The lowest BCUT2D eigenvalue weighted by atomic mass is 9.92. The predicted octanol–water partition coefficient (Wildman–Crippen LogP) is 7.27. The zero-order chi connectivity index (χ0) is 22.4. The molecule has 5 rings (SSSR count). The molecule has 4 aromatic rings. The van der Waals surface area contributed by atoms with E-state index in [-0.39, 0.29) is 12.1 Å². The minimum absolute atomic E-state index is 0.155. The molecule has 0 saturated heterocycles. The van der Waals surface area contributed by atoms with Crippen molar-refractivity contribution in [3.63, 3.8) is 0 Å². The Morgan fingerprint density at radius 1 is 1.03 bits per heavy atom. The molecule has 0 bridgehead atoms. The number of amides is 2. The van der Waals surface area contributed by atoms with Crippen LogP contribution in [0.2, 0.25) is 10.0 Å². The summed E-state index contributed by atoms with van der Waals surface area (Å²) in [6.45, 7) is 4.60. The summed E-state index contributed by atoms with van der Waals surface area (Å²) in [5, 5.41) is 5.49. The zero-order valence-corrected chi connectivity index (χ0v) is 19.4. The van der Waals surface area contributed by atoms with Gasteiger partial charge in [-0.25, -0.2) is 4.79 Å². The largest absolute Gasteiger partial charge is 0.356 e. The lowest BCUT2D eigenvalue weighted by Gasteiger charge is -2.36. The van der Waals surface area contributed by atoms with Gasteiger partial charge in [0.05, 0.1) is 6.04 Å². The summed E-state index contributed by atoms with van der Waals surface area (Å²) in [6.07, 6.45) is 0.750. The number of carbonyl (C=O) groups excluding carboxylic acids is 1. The molecule has 0 fully saturated rings. The number of carbonyl (C=O) groups is 1. The number of rotatable bonds is 2. The molecule has 3 aromatic carbocycles. The van der Waals surface area contributed by atoms with E-state index >= 15 is 0 Å². The summed E-state index contributed by atoms with van der Waals surface area (Å²) in [7, 11) is 0. The van der Waals surface area contributed by atoms with Gasteiger partial charge >= 0.3 is 6.03 Å². The van der Waals surface area contributed by atoms with Crippen molar-refractivity contribution in [1.29, 1.82) is 0 Å². The van der Waals surface area contributed by atoms with Gasteiger partial charge in [0, 0.05) is 38.9 Å². The predicted molar refractivity (Wildman–Crippen MR) is 132 cm³/mol. The van der Waals surface area contributed by atoms with Gasteiger partial charge in [-0.2, -0.15) is 0 Å². The van der Waals surface area contributed by atoms with Crippen molar-refractivity contribution in [2.45, 2.75) is 26.3 Å². The highest BCUT2D eigenvalue weighted by atomic mass is 35.5. The lowest BCUT2D eigenvalue weighted by molar-refractivity contribution is 0.193. The van der Waals surface area contributed by atoms with Gasteiger partial charge in [-0.3, -0.25) is 0 Å². The zero-order valence-electron chi connectivity index (χ0n) is 17.9. The third kappa shape index (κ3) is 3.74. The second-order valence-corrected chi connectivity index (χ2v) is 9.20. The summed E-state index contributed by atoms with van der Waals surface area (Å²) in [6, 6.07) is 19.4. The van der Waals surface area contributed by atoms with Crippen LogP contribution in [0.1, 0.15) is 34.0 Å². The number of benzene rings is 3. The fourth-order valence-corrected chi connectivity index (χ4v) is 4.79. The maximum Gasteiger partial charge on any atom is 0.322 e. The Bertz CT molecular complexity index is 1330. The number of nitrogens with zero attached hydrogens (tertiary/aromatic N) is 1. The molecule has 2 N–H and O–H groups in total. The Morgan fingerprint density at radius 2 is 1.81 bits per heavy atom. The number of hydrogen-bond donors (Lipinski definition) is 2. The standard InChI is InChI=1S/C26H23Cl2N3O/c1-15-3-6-17(7-4-15)25-24-20(21-13-18(27)8-10-23(21)30-24)11-12-31(25)26(32)29-19-9-5-16(2)22(28)14-19/h3-10,13-14,25,30H,11-12H2,1-2H3,(H,29,32)/t25-/m0/s1. The molecule has 1 atom stereocenters. The van der Waals surface area contributed by atoms with Gasteiger partial charge in [0.1, 0.15) is 0 Å². The molecule has 6 heteroatoms. The number of aromatic nitrogens is 1. The summed E-state index contributed by atoms with van der Waals surface area (Å²) in [5.41, 5.74) is 7.18. The minimum atomic E-state index is -0.230. The van der Waals surface area contributed by atoms with E-state index in [0.29, 0.717) is 22.3 Å². The minimum Gasteiger partial charge on any atom is -0.356 e. The van der Waals surface area contributed by atoms with E-state index in [1.807, 2.05) is 42.2 Å². The molecule has 4 nitrogen and oxygen atoms in total. The summed E-state index contributed by atoms with van der Waals surface area (Å²) >= 11 is 12.5. The molecule has 1 aliphatic rings. The summed E-state index contributed by atoms with van der Waals surface area (Å²) in [5.74, 6) is 0. The van der Waals surface area contributed by atoms with Crippen LogP contribution in [-0.2, 0) is 6.42 Å². The van der Waals surface area contributed by atoms with Crippen LogP contribution in [-0.4, -0.2) is 22.5 Å². The average Bonchev–Trinajstić information content (AvgIpc) is 3.14. The third-order valence-corrected chi connectivity index (χ3v) is 6.81. The average molecular weight is 464 g/mol. The molecule has 1 aromatic heterocycles. The molecule has 0 radical (unpaired) electrons. The normalized spacial score (nSPS) is 15.6.